The highest BCUT2D eigenvalue weighted by molar-refractivity contribution is 6.38. The van der Waals surface area contributed by atoms with Gasteiger partial charge in [-0.1, -0.05) is 23.2 Å². The van der Waals surface area contributed by atoms with Crippen LogP contribution < -0.4 is 11.1 Å². The number of rotatable bonds is 3. The minimum atomic E-state index is 0.317. The van der Waals surface area contributed by atoms with E-state index in [2.05, 4.69) is 25.4 Å². The Morgan fingerprint density at radius 3 is 2.59 bits per heavy atom. The van der Waals surface area contributed by atoms with Crippen LogP contribution in [0.4, 0.5) is 17.5 Å². The van der Waals surface area contributed by atoms with Crippen LogP contribution in [-0.4, -0.2) is 24.7 Å². The van der Waals surface area contributed by atoms with Crippen LogP contribution in [-0.2, 0) is 0 Å². The number of pyridine rings is 1. The normalized spacial score (nSPS) is 10.7. The number of fused-ring (bicyclic) bond motifs is 1. The topological polar surface area (TPSA) is 118 Å². The van der Waals surface area contributed by atoms with Crippen LogP contribution in [0.1, 0.15) is 5.56 Å². The van der Waals surface area contributed by atoms with Crippen molar-refractivity contribution in [2.24, 2.45) is 0 Å². The van der Waals surface area contributed by atoms with Crippen molar-refractivity contribution < 1.29 is 0 Å². The van der Waals surface area contributed by atoms with Gasteiger partial charge in [0.05, 0.1) is 32.6 Å². The number of nitrogens with two attached hydrogens (primary N) is 1. The summed E-state index contributed by atoms with van der Waals surface area (Å²) in [6.45, 7) is 0. The Balaban J connectivity index is 1.81. The lowest BCUT2D eigenvalue weighted by atomic mass is 10.2. The summed E-state index contributed by atoms with van der Waals surface area (Å²) >= 11 is 12.6. The van der Waals surface area contributed by atoms with Crippen LogP contribution in [0.15, 0.2) is 43.0 Å². The van der Waals surface area contributed by atoms with Gasteiger partial charge < -0.3 is 11.1 Å². The van der Waals surface area contributed by atoms with Crippen LogP contribution in [0.2, 0.25) is 10.0 Å². The Bertz CT molecular complexity index is 1190. The van der Waals surface area contributed by atoms with Gasteiger partial charge in [-0.25, -0.2) is 19.6 Å². The minimum Gasteiger partial charge on any atom is -0.384 e. The van der Waals surface area contributed by atoms with Crippen LogP contribution in [0, 0.1) is 11.3 Å². The van der Waals surface area contributed by atoms with E-state index in [9.17, 15) is 0 Å². The lowest BCUT2D eigenvalue weighted by Crippen LogP contribution is -1.99. The van der Waals surface area contributed by atoms with E-state index in [0.717, 1.165) is 5.39 Å². The molecule has 10 heteroatoms. The van der Waals surface area contributed by atoms with Crippen LogP contribution >= 0.6 is 23.2 Å². The molecule has 0 aliphatic heterocycles. The first-order valence-corrected chi connectivity index (χ1v) is 8.39. The Morgan fingerprint density at radius 1 is 1.11 bits per heavy atom. The van der Waals surface area contributed by atoms with Crippen molar-refractivity contribution >= 4 is 51.6 Å². The minimum absolute atomic E-state index is 0.317. The molecule has 0 saturated heterocycles. The van der Waals surface area contributed by atoms with Crippen molar-refractivity contribution in [1.82, 2.24) is 24.7 Å². The molecule has 3 aromatic heterocycles. The molecular formula is C17H10Cl2N8. The number of nitrogens with zero attached hydrogens (tertiary/aromatic N) is 6. The number of halogens is 2. The zero-order valence-corrected chi connectivity index (χ0v) is 15.1. The average molecular weight is 397 g/mol. The third-order valence-corrected chi connectivity index (χ3v) is 4.32. The third-order valence-electron chi connectivity index (χ3n) is 3.74. The monoisotopic (exact) mass is 396 g/mol. The molecule has 0 amide bonds. The second-order valence-corrected chi connectivity index (χ2v) is 6.33. The van der Waals surface area contributed by atoms with Gasteiger partial charge in [0.1, 0.15) is 29.5 Å². The maximum absolute atomic E-state index is 9.03. The Labute approximate surface area is 163 Å². The molecule has 3 heterocycles. The van der Waals surface area contributed by atoms with Crippen molar-refractivity contribution in [2.45, 2.75) is 0 Å². The summed E-state index contributed by atoms with van der Waals surface area (Å²) in [5.74, 6) is 1.38. The summed E-state index contributed by atoms with van der Waals surface area (Å²) in [5, 5.41) is 18.0. The molecule has 0 saturated carbocycles. The Morgan fingerprint density at radius 2 is 1.89 bits per heavy atom. The molecule has 0 spiro atoms. The van der Waals surface area contributed by atoms with Gasteiger partial charge in [0, 0.05) is 18.5 Å². The van der Waals surface area contributed by atoms with Gasteiger partial charge in [0.25, 0.3) is 0 Å². The molecule has 0 aliphatic rings. The molecule has 0 aliphatic carbocycles. The first-order valence-electron chi connectivity index (χ1n) is 7.63. The van der Waals surface area contributed by atoms with Gasteiger partial charge in [-0.05, 0) is 18.2 Å². The summed E-state index contributed by atoms with van der Waals surface area (Å²) in [4.78, 5) is 12.3. The van der Waals surface area contributed by atoms with Gasteiger partial charge in [-0.2, -0.15) is 10.4 Å². The maximum Gasteiger partial charge on any atom is 0.142 e. The molecular weight excluding hydrogens is 387 g/mol. The molecule has 4 aromatic rings. The number of hydrogen-bond acceptors (Lipinski definition) is 7. The Hall–Kier alpha value is -3.41. The van der Waals surface area contributed by atoms with E-state index >= 15 is 0 Å². The first-order chi connectivity index (χ1) is 13.0. The second-order valence-electron chi connectivity index (χ2n) is 5.52. The highest BCUT2D eigenvalue weighted by atomic mass is 35.5. The molecule has 0 fully saturated rings. The molecule has 0 atom stereocenters. The van der Waals surface area contributed by atoms with Gasteiger partial charge in [0.2, 0.25) is 0 Å². The maximum atomic E-state index is 9.03. The number of anilines is 3. The first kappa shape index (κ1) is 17.0. The number of aromatic nitrogens is 5. The average Bonchev–Trinajstić information content (AvgIpc) is 3.05. The number of hydrogen-bond donors (Lipinski definition) is 2. The Kier molecular flexibility index (Phi) is 4.24. The lowest BCUT2D eigenvalue weighted by Gasteiger charge is -2.07. The fourth-order valence-corrected chi connectivity index (χ4v) is 3.23. The summed E-state index contributed by atoms with van der Waals surface area (Å²) in [6, 6.07) is 8.45. The smallest absolute Gasteiger partial charge is 0.142 e. The summed E-state index contributed by atoms with van der Waals surface area (Å²) < 4.78 is 1.55. The fraction of sp³-hybridized carbons (Fsp3) is 0. The van der Waals surface area contributed by atoms with Crippen molar-refractivity contribution in [3.8, 4) is 11.8 Å². The fourth-order valence-electron chi connectivity index (χ4n) is 2.57. The van der Waals surface area contributed by atoms with E-state index in [0.29, 0.717) is 44.3 Å². The molecule has 8 nitrogen and oxygen atoms in total. The SMILES string of the molecule is N#Cc1cc(Cl)c(-n2cc3c(Nc4cc(N)ncn4)nccc3n2)c(Cl)c1. The van der Waals surface area contributed by atoms with Crippen LogP contribution in [0.5, 0.6) is 0 Å². The third kappa shape index (κ3) is 3.21. The zero-order valence-electron chi connectivity index (χ0n) is 13.6. The molecule has 1 aromatic carbocycles. The van der Waals surface area contributed by atoms with Gasteiger partial charge in [-0.3, -0.25) is 0 Å². The van der Waals surface area contributed by atoms with Crippen LogP contribution in [0.25, 0.3) is 16.6 Å². The number of benzene rings is 1. The van der Waals surface area contributed by atoms with E-state index in [1.165, 1.54) is 18.5 Å². The standard InChI is InChI=1S/C17H10Cl2N8/c18-11-3-9(6-20)4-12(19)16(11)27-7-10-13(26-27)1-2-22-17(10)25-15-5-14(21)23-8-24-15/h1-5,7-8H,(H3,21,22,23,24,25). The molecule has 27 heavy (non-hydrogen) atoms. The number of nitrogen functional groups attached to an aromatic ring is 1. The van der Waals surface area contributed by atoms with Gasteiger partial charge in [0.15, 0.2) is 0 Å². The van der Waals surface area contributed by atoms with E-state index in [1.807, 2.05) is 6.07 Å². The van der Waals surface area contributed by atoms with Crippen LogP contribution in [0.3, 0.4) is 0 Å². The molecule has 3 N–H and O–H groups in total. The second kappa shape index (κ2) is 6.72. The molecule has 4 rings (SSSR count). The number of nitriles is 1. The predicted molar refractivity (Wildman–Crippen MR) is 103 cm³/mol. The lowest BCUT2D eigenvalue weighted by molar-refractivity contribution is 0.896. The quantitative estimate of drug-likeness (QED) is 0.541. The largest absolute Gasteiger partial charge is 0.384 e. The highest BCUT2D eigenvalue weighted by Crippen LogP contribution is 2.32. The molecule has 132 valence electrons. The van der Waals surface area contributed by atoms with Crippen molar-refractivity contribution in [1.29, 1.82) is 5.26 Å². The summed E-state index contributed by atoms with van der Waals surface area (Å²) in [6.07, 6.45) is 4.72. The van der Waals surface area contributed by atoms with Crippen molar-refractivity contribution in [3.05, 3.63) is 58.6 Å². The highest BCUT2D eigenvalue weighted by Gasteiger charge is 2.15. The van der Waals surface area contributed by atoms with E-state index in [1.54, 1.807) is 29.2 Å². The summed E-state index contributed by atoms with van der Waals surface area (Å²) in [5.41, 5.74) is 7.20. The van der Waals surface area contributed by atoms with Crippen molar-refractivity contribution in [3.63, 3.8) is 0 Å². The van der Waals surface area contributed by atoms with E-state index in [-0.39, 0.29) is 0 Å². The number of nitrogens with one attached hydrogen (secondary N) is 1. The molecule has 0 radical (unpaired) electrons. The van der Waals surface area contributed by atoms with Gasteiger partial charge in [-0.15, -0.1) is 0 Å². The van der Waals surface area contributed by atoms with Gasteiger partial charge >= 0.3 is 0 Å². The van der Waals surface area contributed by atoms with E-state index in [4.69, 9.17) is 34.2 Å². The zero-order chi connectivity index (χ0) is 19.0. The molecule has 0 unspecified atom stereocenters. The molecule has 0 bridgehead atoms. The van der Waals surface area contributed by atoms with Crippen molar-refractivity contribution in [2.75, 3.05) is 11.1 Å². The van der Waals surface area contributed by atoms with E-state index < -0.39 is 0 Å². The summed E-state index contributed by atoms with van der Waals surface area (Å²) in [7, 11) is 0. The predicted octanol–water partition coefficient (Wildman–Crippen LogP) is 3.71.